The van der Waals surface area contributed by atoms with E-state index in [4.69, 9.17) is 0 Å². The van der Waals surface area contributed by atoms with E-state index in [0.29, 0.717) is 0 Å². The first-order valence-electron chi connectivity index (χ1n) is 9.30. The van der Waals surface area contributed by atoms with E-state index in [-0.39, 0.29) is 0 Å². The van der Waals surface area contributed by atoms with Gasteiger partial charge in [-0.15, -0.1) is 0 Å². The largest absolute Gasteiger partial charge is 0.365 e. The normalized spacial score (nSPS) is 11.2. The molecular formula is C23H28N2. The number of benzene rings is 3. The van der Waals surface area contributed by atoms with E-state index in [1.807, 2.05) is 0 Å². The van der Waals surface area contributed by atoms with Crippen molar-refractivity contribution in [3.05, 3.63) is 78.4 Å². The van der Waals surface area contributed by atoms with Crippen molar-refractivity contribution in [2.24, 2.45) is 0 Å². The summed E-state index contributed by atoms with van der Waals surface area (Å²) in [5, 5.41) is 2.64. The summed E-state index contributed by atoms with van der Waals surface area (Å²) in [4.78, 5) is 5.01. The van der Waals surface area contributed by atoms with Crippen LogP contribution in [0.2, 0.25) is 0 Å². The molecule has 130 valence electrons. The number of likely N-dealkylation sites (N-methyl/N-ethyl adjacent to an activating group) is 1. The van der Waals surface area contributed by atoms with E-state index < -0.39 is 0 Å². The topological polar surface area (TPSA) is 6.48 Å². The number of nitrogens with zero attached hydrogens (tertiary/aromatic N) is 2. The first-order chi connectivity index (χ1) is 12.3. The Morgan fingerprint density at radius 1 is 0.680 bits per heavy atom. The van der Waals surface area contributed by atoms with Gasteiger partial charge in [0, 0.05) is 30.7 Å². The summed E-state index contributed by atoms with van der Waals surface area (Å²) < 4.78 is 0. The average Bonchev–Trinajstić information content (AvgIpc) is 2.68. The molecule has 0 unspecified atom stereocenters. The predicted octanol–water partition coefficient (Wildman–Crippen LogP) is 5.19. The lowest BCUT2D eigenvalue weighted by Crippen LogP contribution is -2.35. The maximum Gasteiger partial charge on any atom is 0.0449 e. The van der Waals surface area contributed by atoms with Crippen molar-refractivity contribution in [1.82, 2.24) is 4.90 Å². The van der Waals surface area contributed by atoms with Gasteiger partial charge in [0.2, 0.25) is 0 Å². The molecular weight excluding hydrogens is 304 g/mol. The van der Waals surface area contributed by atoms with Crippen LogP contribution in [-0.2, 0) is 6.54 Å². The Balaban J connectivity index is 1.91. The van der Waals surface area contributed by atoms with Crippen LogP contribution in [0.5, 0.6) is 0 Å². The second kappa shape index (κ2) is 8.68. The predicted molar refractivity (Wildman–Crippen MR) is 109 cm³/mol. The van der Waals surface area contributed by atoms with Gasteiger partial charge in [0.1, 0.15) is 0 Å². The lowest BCUT2D eigenvalue weighted by atomic mass is 10.1. The molecule has 3 aromatic rings. The molecule has 3 rings (SSSR count). The van der Waals surface area contributed by atoms with Crippen molar-refractivity contribution in [2.75, 3.05) is 31.1 Å². The van der Waals surface area contributed by atoms with E-state index in [0.717, 1.165) is 32.7 Å². The summed E-state index contributed by atoms with van der Waals surface area (Å²) in [5.41, 5.74) is 2.68. The fourth-order valence-corrected chi connectivity index (χ4v) is 3.37. The van der Waals surface area contributed by atoms with Crippen LogP contribution < -0.4 is 4.90 Å². The molecule has 0 spiro atoms. The minimum absolute atomic E-state index is 0.941. The SMILES string of the molecule is CCN(CC)CCN(Cc1ccccc1)c1cccc2ccccc12. The monoisotopic (exact) mass is 332 g/mol. The molecule has 25 heavy (non-hydrogen) atoms. The molecule has 0 N–H and O–H groups in total. The van der Waals surface area contributed by atoms with Crippen LogP contribution in [0.3, 0.4) is 0 Å². The smallest absolute Gasteiger partial charge is 0.0449 e. The standard InChI is InChI=1S/C23H28N2/c1-3-24(4-2)17-18-25(19-20-11-6-5-7-12-20)23-16-10-14-21-13-8-9-15-22(21)23/h5-16H,3-4,17-19H2,1-2H3. The van der Waals surface area contributed by atoms with Gasteiger partial charge >= 0.3 is 0 Å². The Morgan fingerprint density at radius 2 is 1.36 bits per heavy atom. The molecule has 0 radical (unpaired) electrons. The maximum atomic E-state index is 2.52. The Morgan fingerprint density at radius 3 is 2.12 bits per heavy atom. The lowest BCUT2D eigenvalue weighted by Gasteiger charge is -2.29. The quantitative estimate of drug-likeness (QED) is 0.560. The summed E-state index contributed by atoms with van der Waals surface area (Å²) in [6.07, 6.45) is 0. The van der Waals surface area contributed by atoms with E-state index in [2.05, 4.69) is 96.4 Å². The highest BCUT2D eigenvalue weighted by atomic mass is 15.2. The number of hydrogen-bond acceptors (Lipinski definition) is 2. The fraction of sp³-hybridized carbons (Fsp3) is 0.304. The van der Waals surface area contributed by atoms with E-state index in [9.17, 15) is 0 Å². The molecule has 0 heterocycles. The first kappa shape index (κ1) is 17.5. The molecule has 2 nitrogen and oxygen atoms in total. The zero-order valence-corrected chi connectivity index (χ0v) is 15.4. The molecule has 0 atom stereocenters. The maximum absolute atomic E-state index is 2.52. The van der Waals surface area contributed by atoms with Crippen LogP contribution in [0.1, 0.15) is 19.4 Å². The minimum Gasteiger partial charge on any atom is -0.365 e. The second-order valence-corrected chi connectivity index (χ2v) is 6.43. The molecule has 0 amide bonds. The average molecular weight is 332 g/mol. The number of anilines is 1. The Hall–Kier alpha value is -2.32. The summed E-state index contributed by atoms with van der Waals surface area (Å²) in [6, 6.07) is 26.1. The zero-order chi connectivity index (χ0) is 17.5. The van der Waals surface area contributed by atoms with Crippen molar-refractivity contribution in [3.8, 4) is 0 Å². The van der Waals surface area contributed by atoms with Gasteiger partial charge in [-0.2, -0.15) is 0 Å². The Labute approximate surface area is 151 Å². The molecule has 2 heteroatoms. The molecule has 0 fully saturated rings. The first-order valence-corrected chi connectivity index (χ1v) is 9.30. The van der Waals surface area contributed by atoms with Crippen molar-refractivity contribution < 1.29 is 0 Å². The third-order valence-electron chi connectivity index (χ3n) is 4.90. The summed E-state index contributed by atoms with van der Waals surface area (Å²) in [7, 11) is 0. The lowest BCUT2D eigenvalue weighted by molar-refractivity contribution is 0.309. The van der Waals surface area contributed by atoms with Crippen LogP contribution in [0.4, 0.5) is 5.69 Å². The highest BCUT2D eigenvalue weighted by molar-refractivity contribution is 5.94. The van der Waals surface area contributed by atoms with Gasteiger partial charge in [0.25, 0.3) is 0 Å². The van der Waals surface area contributed by atoms with Crippen LogP contribution >= 0.6 is 0 Å². The molecule has 0 aliphatic rings. The zero-order valence-electron chi connectivity index (χ0n) is 15.4. The number of fused-ring (bicyclic) bond motifs is 1. The number of rotatable bonds is 8. The van der Waals surface area contributed by atoms with Crippen LogP contribution in [0, 0.1) is 0 Å². The fourth-order valence-electron chi connectivity index (χ4n) is 3.37. The molecule has 0 aliphatic carbocycles. The van der Waals surface area contributed by atoms with E-state index in [1.165, 1.54) is 22.0 Å². The molecule has 0 saturated carbocycles. The minimum atomic E-state index is 0.941. The third kappa shape index (κ3) is 4.40. The molecule has 0 aromatic heterocycles. The van der Waals surface area contributed by atoms with E-state index in [1.54, 1.807) is 0 Å². The van der Waals surface area contributed by atoms with Crippen LogP contribution in [0.25, 0.3) is 10.8 Å². The summed E-state index contributed by atoms with van der Waals surface area (Å²) >= 11 is 0. The van der Waals surface area contributed by atoms with Gasteiger partial charge < -0.3 is 9.80 Å². The third-order valence-corrected chi connectivity index (χ3v) is 4.90. The van der Waals surface area contributed by atoms with Crippen molar-refractivity contribution >= 4 is 16.5 Å². The summed E-state index contributed by atoms with van der Waals surface area (Å²) in [6.45, 7) is 9.74. The van der Waals surface area contributed by atoms with Crippen molar-refractivity contribution in [2.45, 2.75) is 20.4 Å². The van der Waals surface area contributed by atoms with E-state index >= 15 is 0 Å². The van der Waals surface area contributed by atoms with Gasteiger partial charge in [-0.1, -0.05) is 80.6 Å². The van der Waals surface area contributed by atoms with Gasteiger partial charge in [-0.3, -0.25) is 0 Å². The highest BCUT2D eigenvalue weighted by Gasteiger charge is 2.12. The Bertz CT molecular complexity index is 773. The van der Waals surface area contributed by atoms with Gasteiger partial charge in [0.15, 0.2) is 0 Å². The highest BCUT2D eigenvalue weighted by Crippen LogP contribution is 2.27. The molecule has 0 saturated heterocycles. The van der Waals surface area contributed by atoms with Crippen molar-refractivity contribution in [3.63, 3.8) is 0 Å². The molecule has 0 bridgehead atoms. The van der Waals surface area contributed by atoms with Crippen molar-refractivity contribution in [1.29, 1.82) is 0 Å². The Kier molecular flexibility index (Phi) is 6.08. The van der Waals surface area contributed by atoms with Crippen LogP contribution in [-0.4, -0.2) is 31.1 Å². The molecule has 0 aliphatic heterocycles. The molecule has 3 aromatic carbocycles. The summed E-state index contributed by atoms with van der Waals surface area (Å²) in [5.74, 6) is 0. The van der Waals surface area contributed by atoms with Gasteiger partial charge in [-0.05, 0) is 30.1 Å². The van der Waals surface area contributed by atoms with Gasteiger partial charge in [0.05, 0.1) is 0 Å². The van der Waals surface area contributed by atoms with Gasteiger partial charge in [-0.25, -0.2) is 0 Å². The van der Waals surface area contributed by atoms with Crippen LogP contribution in [0.15, 0.2) is 72.8 Å². The number of hydrogen-bond donors (Lipinski definition) is 0. The second-order valence-electron chi connectivity index (χ2n) is 6.43.